The molecular weight excluding hydrogens is 268 g/mol. The molecule has 0 aliphatic carbocycles. The number of carbonyl (C=O) groups is 1. The van der Waals surface area contributed by atoms with Crippen LogP contribution in [-0.2, 0) is 14.3 Å². The Morgan fingerprint density at radius 2 is 2.14 bits per heavy atom. The fourth-order valence-corrected chi connectivity index (χ4v) is 2.56. The number of nitrogens with zero attached hydrogens (tertiary/aromatic N) is 1. The van der Waals surface area contributed by atoms with Gasteiger partial charge in [-0.2, -0.15) is 0 Å². The van der Waals surface area contributed by atoms with Gasteiger partial charge < -0.3 is 20.1 Å². The van der Waals surface area contributed by atoms with Crippen LogP contribution in [-0.4, -0.2) is 49.3 Å². The van der Waals surface area contributed by atoms with E-state index in [9.17, 15) is 4.79 Å². The molecule has 1 aliphatic heterocycles. The molecule has 2 atom stereocenters. The average Bonchev–Trinajstić information content (AvgIpc) is 2.47. The lowest BCUT2D eigenvalue weighted by molar-refractivity contribution is -0.157. The summed E-state index contributed by atoms with van der Waals surface area (Å²) >= 11 is 0. The summed E-state index contributed by atoms with van der Waals surface area (Å²) in [7, 11) is 1.55. The predicted molar refractivity (Wildman–Crippen MR) is 80.8 cm³/mol. The van der Waals surface area contributed by atoms with E-state index >= 15 is 0 Å². The predicted octanol–water partition coefficient (Wildman–Crippen LogP) is 1.34. The van der Waals surface area contributed by atoms with Crippen molar-refractivity contribution >= 4 is 5.91 Å². The molecule has 0 aromatic heterocycles. The number of ether oxygens (including phenoxy) is 2. The van der Waals surface area contributed by atoms with Crippen molar-refractivity contribution in [3.05, 3.63) is 35.9 Å². The minimum absolute atomic E-state index is 0.0916. The molecule has 1 aromatic carbocycles. The number of hydrogen-bond donors (Lipinski definition) is 1. The van der Waals surface area contributed by atoms with Crippen molar-refractivity contribution in [2.24, 2.45) is 5.73 Å². The molecule has 1 heterocycles. The van der Waals surface area contributed by atoms with Gasteiger partial charge in [0.25, 0.3) is 0 Å². The molecule has 1 aliphatic rings. The summed E-state index contributed by atoms with van der Waals surface area (Å²) in [5.41, 5.74) is 6.61. The second-order valence-corrected chi connectivity index (χ2v) is 6.03. The van der Waals surface area contributed by atoms with Gasteiger partial charge in [0, 0.05) is 7.11 Å². The van der Waals surface area contributed by atoms with Gasteiger partial charge in [-0.3, -0.25) is 4.79 Å². The largest absolute Gasteiger partial charge is 0.383 e. The van der Waals surface area contributed by atoms with E-state index in [2.05, 4.69) is 0 Å². The zero-order valence-corrected chi connectivity index (χ0v) is 12.9. The Labute approximate surface area is 126 Å². The lowest BCUT2D eigenvalue weighted by Crippen LogP contribution is -2.60. The van der Waals surface area contributed by atoms with Crippen LogP contribution < -0.4 is 5.73 Å². The van der Waals surface area contributed by atoms with Crippen LogP contribution in [0.1, 0.15) is 25.5 Å². The molecule has 0 radical (unpaired) electrons. The third-order valence-corrected chi connectivity index (χ3v) is 3.82. The van der Waals surface area contributed by atoms with Gasteiger partial charge in [-0.1, -0.05) is 30.3 Å². The van der Waals surface area contributed by atoms with Gasteiger partial charge >= 0.3 is 0 Å². The Bertz CT molecular complexity index is 476. The van der Waals surface area contributed by atoms with Crippen molar-refractivity contribution in [1.29, 1.82) is 0 Å². The fourth-order valence-electron chi connectivity index (χ4n) is 2.56. The number of nitrogens with two attached hydrogens (primary N) is 1. The molecule has 1 fully saturated rings. The van der Waals surface area contributed by atoms with Gasteiger partial charge in [0.05, 0.1) is 25.3 Å². The summed E-state index contributed by atoms with van der Waals surface area (Å²) < 4.78 is 10.9. The summed E-state index contributed by atoms with van der Waals surface area (Å²) in [5.74, 6) is -0.0916. The Balaban J connectivity index is 2.15. The number of morpholine rings is 1. The Morgan fingerprint density at radius 1 is 1.48 bits per heavy atom. The molecule has 2 N–H and O–H groups in total. The highest BCUT2D eigenvalue weighted by Crippen LogP contribution is 2.30. The SMILES string of the molecule is COCC(N)C(=O)N1CC(c2ccccc2)OCC1(C)C. The minimum Gasteiger partial charge on any atom is -0.383 e. The lowest BCUT2D eigenvalue weighted by atomic mass is 9.97. The first-order valence-corrected chi connectivity index (χ1v) is 7.18. The molecule has 5 nitrogen and oxygen atoms in total. The van der Waals surface area contributed by atoms with Crippen LogP contribution in [0.15, 0.2) is 30.3 Å². The molecule has 2 unspecified atom stereocenters. The van der Waals surface area contributed by atoms with Crippen molar-refractivity contribution in [1.82, 2.24) is 4.90 Å². The third-order valence-electron chi connectivity index (χ3n) is 3.82. The number of hydrogen-bond acceptors (Lipinski definition) is 4. The highest BCUT2D eigenvalue weighted by atomic mass is 16.5. The van der Waals surface area contributed by atoms with Crippen LogP contribution in [0.5, 0.6) is 0 Å². The van der Waals surface area contributed by atoms with Crippen LogP contribution >= 0.6 is 0 Å². The molecule has 2 rings (SSSR count). The first-order chi connectivity index (χ1) is 9.95. The van der Waals surface area contributed by atoms with Gasteiger partial charge in [-0.15, -0.1) is 0 Å². The highest BCUT2D eigenvalue weighted by Gasteiger charge is 2.40. The van der Waals surface area contributed by atoms with Crippen LogP contribution in [0.3, 0.4) is 0 Å². The molecule has 0 spiro atoms. The third kappa shape index (κ3) is 3.61. The Kier molecular flexibility index (Phi) is 4.98. The normalized spacial score (nSPS) is 22.9. The smallest absolute Gasteiger partial charge is 0.242 e. The first kappa shape index (κ1) is 15.9. The topological polar surface area (TPSA) is 64.8 Å². The number of amides is 1. The molecular formula is C16H24N2O3. The first-order valence-electron chi connectivity index (χ1n) is 7.18. The van der Waals surface area contributed by atoms with E-state index < -0.39 is 6.04 Å². The van der Waals surface area contributed by atoms with Crippen molar-refractivity contribution < 1.29 is 14.3 Å². The number of rotatable bonds is 4. The Hall–Kier alpha value is -1.43. The number of benzene rings is 1. The molecule has 116 valence electrons. The van der Waals surface area contributed by atoms with E-state index in [4.69, 9.17) is 15.2 Å². The summed E-state index contributed by atoms with van der Waals surface area (Å²) in [4.78, 5) is 14.4. The Morgan fingerprint density at radius 3 is 2.76 bits per heavy atom. The van der Waals surface area contributed by atoms with Crippen LogP contribution in [0.25, 0.3) is 0 Å². The van der Waals surface area contributed by atoms with Crippen molar-refractivity contribution in [3.8, 4) is 0 Å². The zero-order valence-electron chi connectivity index (χ0n) is 12.9. The van der Waals surface area contributed by atoms with Gasteiger partial charge in [-0.25, -0.2) is 0 Å². The van der Waals surface area contributed by atoms with Crippen LogP contribution in [0, 0.1) is 0 Å². The summed E-state index contributed by atoms with van der Waals surface area (Å²) in [6.07, 6.45) is -0.113. The van der Waals surface area contributed by atoms with Crippen LogP contribution in [0.2, 0.25) is 0 Å². The number of methoxy groups -OCH3 is 1. The van der Waals surface area contributed by atoms with Gasteiger partial charge in [-0.05, 0) is 19.4 Å². The molecule has 0 bridgehead atoms. The fraction of sp³-hybridized carbons (Fsp3) is 0.562. The van der Waals surface area contributed by atoms with E-state index in [1.54, 1.807) is 7.11 Å². The van der Waals surface area contributed by atoms with Crippen molar-refractivity contribution in [2.45, 2.75) is 31.5 Å². The highest BCUT2D eigenvalue weighted by molar-refractivity contribution is 5.82. The minimum atomic E-state index is -0.635. The molecule has 0 saturated carbocycles. The second kappa shape index (κ2) is 6.56. The summed E-state index contributed by atoms with van der Waals surface area (Å²) in [5, 5.41) is 0. The van der Waals surface area contributed by atoms with E-state index in [0.29, 0.717) is 13.2 Å². The maximum Gasteiger partial charge on any atom is 0.242 e. The molecule has 1 saturated heterocycles. The van der Waals surface area contributed by atoms with Crippen molar-refractivity contribution in [2.75, 3.05) is 26.9 Å². The maximum atomic E-state index is 12.5. The number of carbonyl (C=O) groups excluding carboxylic acids is 1. The second-order valence-electron chi connectivity index (χ2n) is 6.03. The van der Waals surface area contributed by atoms with Gasteiger partial charge in [0.2, 0.25) is 5.91 Å². The molecule has 5 heteroatoms. The monoisotopic (exact) mass is 292 g/mol. The van der Waals surface area contributed by atoms with Gasteiger partial charge in [0.1, 0.15) is 12.1 Å². The average molecular weight is 292 g/mol. The zero-order chi connectivity index (χ0) is 15.5. The summed E-state index contributed by atoms with van der Waals surface area (Å²) in [6, 6.07) is 9.31. The standard InChI is InChI=1S/C16H24N2O3/c1-16(2)11-21-14(12-7-5-4-6-8-12)9-18(16)15(19)13(17)10-20-3/h4-8,13-14H,9-11,17H2,1-3H3. The van der Waals surface area contributed by atoms with E-state index in [-0.39, 0.29) is 24.2 Å². The van der Waals surface area contributed by atoms with Crippen LogP contribution in [0.4, 0.5) is 0 Å². The molecule has 1 amide bonds. The summed E-state index contributed by atoms with van der Waals surface area (Å²) in [6.45, 7) is 5.20. The van der Waals surface area contributed by atoms with E-state index in [1.165, 1.54) is 0 Å². The maximum absolute atomic E-state index is 12.5. The lowest BCUT2D eigenvalue weighted by Gasteiger charge is -2.46. The van der Waals surface area contributed by atoms with Crippen molar-refractivity contribution in [3.63, 3.8) is 0 Å². The van der Waals surface area contributed by atoms with E-state index in [1.807, 2.05) is 49.1 Å². The quantitative estimate of drug-likeness (QED) is 0.909. The van der Waals surface area contributed by atoms with E-state index in [0.717, 1.165) is 5.56 Å². The molecule has 1 aromatic rings. The molecule has 21 heavy (non-hydrogen) atoms. The van der Waals surface area contributed by atoms with Gasteiger partial charge in [0.15, 0.2) is 0 Å².